The Morgan fingerprint density at radius 2 is 0.523 bits per heavy atom. The lowest BCUT2D eigenvalue weighted by Gasteiger charge is -2.46. The standard InChI is InChI=1S/C63H47N.C35H27N.C28H21Br.CH4/c1-61(2)51-24-11-9-22-47(51)48-37-36-43(39-58(48)61)64(42-34-32-40(33-35-42)50-38-41-18-5-6-19-44(41)45-20-7-8-21-46(45)50)59-31-17-30-57-60(59)49-23-10-12-25-52(49)63(57)55-28-15-13-26-53(55)62(3,4)54-27-14-16-29-56(54)63;1-35(2)33-14-8-7-13-30(33)31-20-19-26(22-34(31)35)36-25-17-15-23(16-18-25)32-21-24-9-3-4-10-27(24)28-11-5-6-12-29(28)32;1-27(2)20-12-5-7-14-22(20)28(23-15-8-6-13-21(23)27)19-11-4-3-10-18(19)26-24(28)16-9-17-25(26)29;/h5-39H,1-4H3;3-22,36H,1-2H3;3-17H,1-2H3;1H4. The third kappa shape index (κ3) is 11.6. The van der Waals surface area contributed by atoms with Gasteiger partial charge in [0.25, 0.3) is 0 Å². The molecule has 0 amide bonds. The molecular formula is C127H99BrN2. The SMILES string of the molecule is C.CC1(C)c2ccccc2-c2ccc(N(c3ccc(-c4cc5ccccc5c5ccccc45)cc3)c3cccc4c3-c3ccccc3C43c4ccccc4C(C)(C)c4ccccc43)cc21.CC1(C)c2ccccc2-c2ccc(Nc3ccc(-c4cc5ccccc5c5ccccc45)cc3)cc21.CC1(C)c2ccccc2C2(c3ccccc3-c3c(Br)cccc32)c2ccccc21. The number of hydrogen-bond acceptors (Lipinski definition) is 2. The molecular weight excluding hydrogens is 1630 g/mol. The first-order valence-corrected chi connectivity index (χ1v) is 46.3. The van der Waals surface area contributed by atoms with Gasteiger partial charge < -0.3 is 10.2 Å². The topological polar surface area (TPSA) is 15.3 Å². The molecule has 0 bridgehead atoms. The van der Waals surface area contributed by atoms with Crippen LogP contribution >= 0.6 is 15.9 Å². The summed E-state index contributed by atoms with van der Waals surface area (Å²) in [6.07, 6.45) is 0. The second-order valence-electron chi connectivity index (χ2n) is 38.2. The molecule has 1 N–H and O–H groups in total. The monoisotopic (exact) mass is 1730 g/mol. The van der Waals surface area contributed by atoms with Crippen LogP contribution in [0.5, 0.6) is 0 Å². The van der Waals surface area contributed by atoms with E-state index in [0.717, 1.165) is 22.7 Å². The number of nitrogens with one attached hydrogen (secondary N) is 1. The summed E-state index contributed by atoms with van der Waals surface area (Å²) in [5.41, 5.74) is 42.3. The maximum absolute atomic E-state index is 3.87. The van der Waals surface area contributed by atoms with Crippen LogP contribution in [0.4, 0.5) is 28.4 Å². The van der Waals surface area contributed by atoms with Gasteiger partial charge in [-0.3, -0.25) is 0 Å². The summed E-state index contributed by atoms with van der Waals surface area (Å²) in [4.78, 5) is 2.54. The van der Waals surface area contributed by atoms with Crippen LogP contribution in [-0.2, 0) is 32.5 Å². The first kappa shape index (κ1) is 80.1. The van der Waals surface area contributed by atoms with Gasteiger partial charge in [-0.1, -0.05) is 431 Å². The molecule has 2 spiro atoms. The fourth-order valence-electron chi connectivity index (χ4n) is 24.3. The van der Waals surface area contributed by atoms with E-state index in [4.69, 9.17) is 0 Å². The Bertz CT molecular complexity index is 7950. The van der Waals surface area contributed by atoms with Crippen molar-refractivity contribution >= 4 is 87.5 Å². The molecule has 0 atom stereocenters. The number of halogens is 1. The van der Waals surface area contributed by atoms with Crippen LogP contribution in [0.3, 0.4) is 0 Å². The second-order valence-corrected chi connectivity index (χ2v) is 39.0. The van der Waals surface area contributed by atoms with Gasteiger partial charge in [0.15, 0.2) is 0 Å². The van der Waals surface area contributed by atoms with E-state index in [0.29, 0.717) is 0 Å². The van der Waals surface area contributed by atoms with E-state index in [-0.39, 0.29) is 34.5 Å². The van der Waals surface area contributed by atoms with Crippen molar-refractivity contribution in [2.24, 2.45) is 0 Å². The van der Waals surface area contributed by atoms with Crippen molar-refractivity contribution in [3.63, 3.8) is 0 Å². The highest BCUT2D eigenvalue weighted by Crippen LogP contribution is 2.67. The second kappa shape index (κ2) is 30.1. The zero-order chi connectivity index (χ0) is 87.0. The molecule has 20 aromatic rings. The van der Waals surface area contributed by atoms with Crippen LogP contribution in [-0.4, -0.2) is 0 Å². The Kier molecular flexibility index (Phi) is 18.5. The molecule has 0 radical (unpaired) electrons. The average molecular weight is 1730 g/mol. The van der Waals surface area contributed by atoms with Gasteiger partial charge in [0.05, 0.1) is 16.5 Å². The van der Waals surface area contributed by atoms with Crippen molar-refractivity contribution in [1.82, 2.24) is 0 Å². The fraction of sp³-hybridized carbons (Fsp3) is 0.118. The van der Waals surface area contributed by atoms with Gasteiger partial charge in [-0.25, -0.2) is 0 Å². The van der Waals surface area contributed by atoms with E-state index in [2.05, 4.69) is 506 Å². The van der Waals surface area contributed by atoms with Crippen molar-refractivity contribution in [3.8, 4) is 66.8 Å². The van der Waals surface area contributed by atoms with E-state index in [1.807, 2.05) is 0 Å². The molecule has 6 aliphatic carbocycles. The van der Waals surface area contributed by atoms with Gasteiger partial charge in [0.2, 0.25) is 0 Å². The minimum absolute atomic E-state index is 0. The summed E-state index contributed by atoms with van der Waals surface area (Å²) in [5.74, 6) is 0. The average Bonchev–Trinajstić information content (AvgIpc) is 1.44. The van der Waals surface area contributed by atoms with Gasteiger partial charge in [-0.15, -0.1) is 0 Å². The predicted octanol–water partition coefficient (Wildman–Crippen LogP) is 34.2. The lowest BCUT2D eigenvalue weighted by Crippen LogP contribution is -2.40. The summed E-state index contributed by atoms with van der Waals surface area (Å²) < 4.78 is 1.17. The minimum atomic E-state index is -0.487. The molecule has 0 saturated carbocycles. The summed E-state index contributed by atoms with van der Waals surface area (Å²) in [6.45, 7) is 18.9. The lowest BCUT2D eigenvalue weighted by atomic mass is 9.55. The molecule has 130 heavy (non-hydrogen) atoms. The Hall–Kier alpha value is -14.5. The first-order valence-electron chi connectivity index (χ1n) is 45.5. The molecule has 0 heterocycles. The summed E-state index contributed by atoms with van der Waals surface area (Å²) in [5, 5.41) is 13.9. The van der Waals surface area contributed by atoms with Crippen LogP contribution in [0.2, 0.25) is 0 Å². The maximum Gasteiger partial charge on any atom is 0.0720 e. The van der Waals surface area contributed by atoms with Crippen LogP contribution < -0.4 is 10.2 Å². The minimum Gasteiger partial charge on any atom is -0.356 e. The molecule has 3 heteroatoms. The molecule has 0 fully saturated rings. The number of fused-ring (bicyclic) bond motifs is 30. The van der Waals surface area contributed by atoms with E-state index >= 15 is 0 Å². The van der Waals surface area contributed by atoms with Gasteiger partial charge in [-0.05, 0) is 261 Å². The van der Waals surface area contributed by atoms with Gasteiger partial charge in [-0.2, -0.15) is 0 Å². The smallest absolute Gasteiger partial charge is 0.0720 e. The van der Waals surface area contributed by atoms with Crippen LogP contribution in [0.1, 0.15) is 152 Å². The van der Waals surface area contributed by atoms with Crippen LogP contribution in [0.15, 0.2) is 429 Å². The van der Waals surface area contributed by atoms with Crippen molar-refractivity contribution in [2.75, 3.05) is 10.2 Å². The van der Waals surface area contributed by atoms with Crippen molar-refractivity contribution < 1.29 is 0 Å². The van der Waals surface area contributed by atoms with Crippen molar-refractivity contribution in [1.29, 1.82) is 0 Å². The van der Waals surface area contributed by atoms with E-state index < -0.39 is 5.41 Å². The highest BCUT2D eigenvalue weighted by Gasteiger charge is 2.56. The highest BCUT2D eigenvalue weighted by molar-refractivity contribution is 9.10. The summed E-state index contributed by atoms with van der Waals surface area (Å²) in [6, 6.07) is 158. The third-order valence-electron chi connectivity index (χ3n) is 30.2. The Morgan fingerprint density at radius 1 is 0.208 bits per heavy atom. The van der Waals surface area contributed by atoms with Crippen molar-refractivity contribution in [3.05, 3.63) is 518 Å². The number of benzene rings is 20. The zero-order valence-corrected chi connectivity index (χ0v) is 75.3. The molecule has 20 aromatic carbocycles. The fourth-order valence-corrected chi connectivity index (χ4v) is 24.8. The van der Waals surface area contributed by atoms with Crippen molar-refractivity contribution in [2.45, 2.75) is 95.3 Å². The van der Waals surface area contributed by atoms with Gasteiger partial charge >= 0.3 is 0 Å². The van der Waals surface area contributed by atoms with Crippen LogP contribution in [0.25, 0.3) is 110 Å². The maximum atomic E-state index is 3.87. The largest absolute Gasteiger partial charge is 0.356 e. The molecule has 2 nitrogen and oxygen atoms in total. The Balaban J connectivity index is 0.000000123. The molecule has 6 aliphatic rings. The Labute approximate surface area is 772 Å². The molecule has 0 unspecified atom stereocenters. The van der Waals surface area contributed by atoms with Gasteiger partial charge in [0, 0.05) is 60.0 Å². The predicted molar refractivity (Wildman–Crippen MR) is 553 cm³/mol. The number of rotatable bonds is 7. The zero-order valence-electron chi connectivity index (χ0n) is 73.7. The molecule has 26 rings (SSSR count). The molecule has 624 valence electrons. The molecule has 0 aliphatic heterocycles. The summed E-state index contributed by atoms with van der Waals surface area (Å²) in [7, 11) is 0. The van der Waals surface area contributed by atoms with Gasteiger partial charge in [0.1, 0.15) is 0 Å². The van der Waals surface area contributed by atoms with E-state index in [9.17, 15) is 0 Å². The molecule has 0 saturated heterocycles. The number of nitrogens with zero attached hydrogens (tertiary/aromatic N) is 1. The highest BCUT2D eigenvalue weighted by atomic mass is 79.9. The summed E-state index contributed by atoms with van der Waals surface area (Å²) >= 11 is 3.87. The molecule has 0 aromatic heterocycles. The number of hydrogen-bond donors (Lipinski definition) is 1. The Morgan fingerprint density at radius 3 is 0.992 bits per heavy atom. The quantitative estimate of drug-likeness (QED) is 0.160. The normalized spacial score (nSPS) is 15.0. The first-order chi connectivity index (χ1) is 62.9. The van der Waals surface area contributed by atoms with E-state index in [1.54, 1.807) is 0 Å². The lowest BCUT2D eigenvalue weighted by molar-refractivity contribution is 0.563. The third-order valence-corrected chi connectivity index (χ3v) is 30.9. The van der Waals surface area contributed by atoms with Crippen LogP contribution in [0, 0.1) is 0 Å². The number of anilines is 5. The van der Waals surface area contributed by atoms with E-state index in [1.165, 1.54) is 209 Å².